The molecule has 1 heterocycles. The van der Waals surface area contributed by atoms with Crippen LogP contribution >= 0.6 is 11.8 Å². The summed E-state index contributed by atoms with van der Waals surface area (Å²) in [5.41, 5.74) is 4.11. The molecule has 0 saturated heterocycles. The first-order valence-electron chi connectivity index (χ1n) is 6.10. The molecule has 0 amide bonds. The molecule has 0 aromatic heterocycles. The van der Waals surface area contributed by atoms with Crippen LogP contribution in [0.4, 0.5) is 0 Å². The van der Waals surface area contributed by atoms with Crippen LogP contribution in [0.3, 0.4) is 0 Å². The van der Waals surface area contributed by atoms with Gasteiger partial charge in [-0.15, -0.1) is 11.8 Å². The van der Waals surface area contributed by atoms with Crippen molar-refractivity contribution in [1.29, 1.82) is 0 Å². The lowest BCUT2D eigenvalue weighted by Gasteiger charge is -2.32. The highest BCUT2D eigenvalue weighted by atomic mass is 32.2. The van der Waals surface area contributed by atoms with Crippen LogP contribution in [0.25, 0.3) is 5.57 Å². The molecule has 0 spiro atoms. The predicted octanol–water partition coefficient (Wildman–Crippen LogP) is 3.86. The van der Waals surface area contributed by atoms with Crippen LogP contribution in [-0.4, -0.2) is 17.5 Å². The largest absolute Gasteiger partial charge is 0.392 e. The molecule has 1 aliphatic heterocycles. The van der Waals surface area contributed by atoms with Crippen LogP contribution in [-0.2, 0) is 5.41 Å². The Bertz CT molecular complexity index is 446. The molecule has 1 aliphatic rings. The molecule has 92 valence electrons. The minimum atomic E-state index is 0.112. The standard InChI is InChI=1S/C15H20OS/c1-11(6-8-16)12-4-5-14-13(10-12)15(2,3)7-9-17-14/h4-6,10,16H,7-9H2,1-3H3/b11-6+. The maximum Gasteiger partial charge on any atom is 0.0618 e. The third-order valence-corrected chi connectivity index (χ3v) is 4.62. The number of thioether (sulfide) groups is 1. The Balaban J connectivity index is 2.45. The van der Waals surface area contributed by atoms with Crippen molar-refractivity contribution >= 4 is 17.3 Å². The molecule has 0 radical (unpaired) electrons. The minimum Gasteiger partial charge on any atom is -0.392 e. The number of fused-ring (bicyclic) bond motifs is 1. The molecule has 0 aliphatic carbocycles. The topological polar surface area (TPSA) is 20.2 Å². The third kappa shape index (κ3) is 2.58. The van der Waals surface area contributed by atoms with Crippen LogP contribution in [0.2, 0.25) is 0 Å². The Labute approximate surface area is 108 Å². The van der Waals surface area contributed by atoms with Gasteiger partial charge in [0.25, 0.3) is 0 Å². The highest BCUT2D eigenvalue weighted by molar-refractivity contribution is 7.99. The van der Waals surface area contributed by atoms with Crippen molar-refractivity contribution in [2.24, 2.45) is 0 Å². The van der Waals surface area contributed by atoms with Crippen LogP contribution in [0.15, 0.2) is 29.2 Å². The van der Waals surface area contributed by atoms with Crippen LogP contribution < -0.4 is 0 Å². The molecular formula is C15H20OS. The van der Waals surface area contributed by atoms with Crippen LogP contribution in [0.1, 0.15) is 38.3 Å². The van der Waals surface area contributed by atoms with E-state index >= 15 is 0 Å². The van der Waals surface area contributed by atoms with Gasteiger partial charge in [-0.1, -0.05) is 26.0 Å². The summed E-state index contributed by atoms with van der Waals surface area (Å²) in [6.45, 7) is 6.81. The molecule has 1 aromatic carbocycles. The lowest BCUT2D eigenvalue weighted by Crippen LogP contribution is -2.22. The molecule has 17 heavy (non-hydrogen) atoms. The molecule has 0 unspecified atom stereocenters. The summed E-state index contributed by atoms with van der Waals surface area (Å²) < 4.78 is 0. The SMILES string of the molecule is C/C(=C\CO)c1ccc2c(c1)C(C)(C)CCS2. The number of aliphatic hydroxyl groups is 1. The van der Waals surface area contributed by atoms with E-state index in [1.807, 2.05) is 17.8 Å². The average Bonchev–Trinajstić information content (AvgIpc) is 2.29. The van der Waals surface area contributed by atoms with Crippen LogP contribution in [0, 0.1) is 0 Å². The Hall–Kier alpha value is -0.730. The number of rotatable bonds is 2. The van der Waals surface area contributed by atoms with Crippen molar-refractivity contribution in [1.82, 2.24) is 0 Å². The van der Waals surface area contributed by atoms with Gasteiger partial charge in [-0.05, 0) is 53.3 Å². The quantitative estimate of drug-likeness (QED) is 0.857. The van der Waals surface area contributed by atoms with Gasteiger partial charge in [0.15, 0.2) is 0 Å². The van der Waals surface area contributed by atoms with Crippen molar-refractivity contribution in [2.45, 2.75) is 37.5 Å². The van der Waals surface area contributed by atoms with Gasteiger partial charge in [0.1, 0.15) is 0 Å². The third-order valence-electron chi connectivity index (χ3n) is 3.55. The molecule has 0 bridgehead atoms. The van der Waals surface area contributed by atoms with E-state index in [1.165, 1.54) is 28.2 Å². The zero-order chi connectivity index (χ0) is 12.5. The second kappa shape index (κ2) is 4.87. The molecule has 0 atom stereocenters. The highest BCUT2D eigenvalue weighted by Gasteiger charge is 2.27. The second-order valence-electron chi connectivity index (χ2n) is 5.26. The first-order valence-corrected chi connectivity index (χ1v) is 7.08. The van der Waals surface area contributed by atoms with Crippen molar-refractivity contribution in [3.05, 3.63) is 35.4 Å². The molecule has 0 fully saturated rings. The first kappa shape index (κ1) is 12.7. The second-order valence-corrected chi connectivity index (χ2v) is 6.40. The van der Waals surface area contributed by atoms with Gasteiger partial charge in [0.2, 0.25) is 0 Å². The van der Waals surface area contributed by atoms with E-state index in [4.69, 9.17) is 5.11 Å². The summed E-state index contributed by atoms with van der Waals surface area (Å²) in [6.07, 6.45) is 3.10. The van der Waals surface area contributed by atoms with Crippen molar-refractivity contribution in [3.63, 3.8) is 0 Å². The van der Waals surface area contributed by atoms with Gasteiger partial charge >= 0.3 is 0 Å². The molecular weight excluding hydrogens is 228 g/mol. The van der Waals surface area contributed by atoms with Crippen molar-refractivity contribution < 1.29 is 5.11 Å². The summed E-state index contributed by atoms with van der Waals surface area (Å²) in [5, 5.41) is 8.96. The van der Waals surface area contributed by atoms with E-state index < -0.39 is 0 Å². The molecule has 1 N–H and O–H groups in total. The minimum absolute atomic E-state index is 0.112. The van der Waals surface area contributed by atoms with Gasteiger partial charge in [-0.25, -0.2) is 0 Å². The fourth-order valence-corrected chi connectivity index (χ4v) is 3.72. The molecule has 0 saturated carbocycles. The number of hydrogen-bond acceptors (Lipinski definition) is 2. The molecule has 2 heteroatoms. The number of benzene rings is 1. The highest BCUT2D eigenvalue weighted by Crippen LogP contribution is 2.42. The zero-order valence-corrected chi connectivity index (χ0v) is 11.6. The fraction of sp³-hybridized carbons (Fsp3) is 0.467. The summed E-state index contributed by atoms with van der Waals surface area (Å²) in [4.78, 5) is 1.42. The Morgan fingerprint density at radius 2 is 2.24 bits per heavy atom. The smallest absolute Gasteiger partial charge is 0.0618 e. The maximum absolute atomic E-state index is 8.96. The fourth-order valence-electron chi connectivity index (χ4n) is 2.24. The molecule has 2 rings (SSSR count). The Morgan fingerprint density at radius 1 is 1.47 bits per heavy atom. The Kier molecular flexibility index (Phi) is 3.64. The maximum atomic E-state index is 8.96. The Morgan fingerprint density at radius 3 is 2.94 bits per heavy atom. The summed E-state index contributed by atoms with van der Waals surface area (Å²) >= 11 is 1.96. The van der Waals surface area contributed by atoms with E-state index in [-0.39, 0.29) is 12.0 Å². The van der Waals surface area contributed by atoms with E-state index in [2.05, 4.69) is 39.0 Å². The first-order chi connectivity index (χ1) is 8.04. The zero-order valence-electron chi connectivity index (χ0n) is 10.8. The van der Waals surface area contributed by atoms with Gasteiger partial charge in [0, 0.05) is 4.90 Å². The molecule has 1 aromatic rings. The van der Waals surface area contributed by atoms with Gasteiger partial charge in [0.05, 0.1) is 6.61 Å². The van der Waals surface area contributed by atoms with Crippen molar-refractivity contribution in [3.8, 4) is 0 Å². The number of allylic oxidation sites excluding steroid dienone is 1. The summed E-state index contributed by atoms with van der Waals surface area (Å²) in [5.74, 6) is 1.21. The lowest BCUT2D eigenvalue weighted by molar-refractivity contribution is 0.343. The van der Waals surface area contributed by atoms with Gasteiger partial charge in [-0.2, -0.15) is 0 Å². The van der Waals surface area contributed by atoms with Crippen LogP contribution in [0.5, 0.6) is 0 Å². The van der Waals surface area contributed by atoms with E-state index in [0.717, 1.165) is 5.57 Å². The van der Waals surface area contributed by atoms with Crippen molar-refractivity contribution in [2.75, 3.05) is 12.4 Å². The van der Waals surface area contributed by atoms with E-state index in [9.17, 15) is 0 Å². The summed E-state index contributed by atoms with van der Waals surface area (Å²) in [7, 11) is 0. The van der Waals surface area contributed by atoms with E-state index in [1.54, 1.807) is 0 Å². The summed E-state index contributed by atoms with van der Waals surface area (Å²) in [6, 6.07) is 6.68. The van der Waals surface area contributed by atoms with Gasteiger partial charge < -0.3 is 5.11 Å². The number of aliphatic hydroxyl groups excluding tert-OH is 1. The van der Waals surface area contributed by atoms with Gasteiger partial charge in [-0.3, -0.25) is 0 Å². The monoisotopic (exact) mass is 248 g/mol. The lowest BCUT2D eigenvalue weighted by atomic mass is 9.80. The predicted molar refractivity (Wildman–Crippen MR) is 75.5 cm³/mol. The average molecular weight is 248 g/mol. The molecule has 1 nitrogen and oxygen atoms in total. The normalized spacial score (nSPS) is 18.9. The van der Waals surface area contributed by atoms with E-state index in [0.29, 0.717) is 0 Å². The number of hydrogen-bond donors (Lipinski definition) is 1.